The van der Waals surface area contributed by atoms with Gasteiger partial charge in [0, 0.05) is 12.6 Å². The molecule has 0 aromatic carbocycles. The second-order valence-electron chi connectivity index (χ2n) is 7.54. The van der Waals surface area contributed by atoms with Gasteiger partial charge in [-0.1, -0.05) is 32.1 Å². The van der Waals surface area contributed by atoms with E-state index in [0.29, 0.717) is 6.54 Å². The number of hydrogen-bond donors (Lipinski definition) is 2. The second kappa shape index (κ2) is 10.1. The van der Waals surface area contributed by atoms with Crippen LogP contribution in [0.25, 0.3) is 0 Å². The summed E-state index contributed by atoms with van der Waals surface area (Å²) in [7, 11) is 0. The number of likely N-dealkylation sites (tertiary alicyclic amines) is 1. The number of carbonyl (C=O) groups excluding carboxylic acids is 2. The van der Waals surface area contributed by atoms with Gasteiger partial charge in [0.25, 0.3) is 0 Å². The minimum atomic E-state index is -0.495. The van der Waals surface area contributed by atoms with Crippen LogP contribution in [-0.2, 0) is 9.59 Å². The molecule has 1 saturated heterocycles. The maximum atomic E-state index is 12.3. The lowest BCUT2D eigenvalue weighted by Gasteiger charge is -2.30. The van der Waals surface area contributed by atoms with Crippen molar-refractivity contribution in [3.05, 3.63) is 22.4 Å². The molecule has 2 fully saturated rings. The molecular weight excluding hydrogens is 346 g/mol. The zero-order valence-electron chi connectivity index (χ0n) is 15.5. The average Bonchev–Trinajstić information content (AvgIpc) is 3.05. The van der Waals surface area contributed by atoms with Crippen molar-refractivity contribution < 1.29 is 9.59 Å². The van der Waals surface area contributed by atoms with Crippen molar-refractivity contribution >= 4 is 23.2 Å². The third-order valence-corrected chi connectivity index (χ3v) is 6.31. The molecule has 2 N–H and O–H groups in total. The molecule has 2 amide bonds. The van der Waals surface area contributed by atoms with Crippen molar-refractivity contribution in [3.8, 4) is 0 Å². The van der Waals surface area contributed by atoms with Gasteiger partial charge in [0.1, 0.15) is 0 Å². The molecule has 5 nitrogen and oxygen atoms in total. The van der Waals surface area contributed by atoms with Crippen LogP contribution >= 0.6 is 11.3 Å². The van der Waals surface area contributed by atoms with Gasteiger partial charge in [-0.05, 0) is 61.2 Å². The Morgan fingerprint density at radius 1 is 1.04 bits per heavy atom. The monoisotopic (exact) mass is 377 g/mol. The van der Waals surface area contributed by atoms with Crippen LogP contribution in [0.1, 0.15) is 69.4 Å². The van der Waals surface area contributed by atoms with Crippen LogP contribution in [-0.4, -0.2) is 42.4 Å². The number of amides is 2. The summed E-state index contributed by atoms with van der Waals surface area (Å²) in [6.45, 7) is 2.61. The smallest absolute Gasteiger partial charge is 0.309 e. The predicted octanol–water partition coefficient (Wildman–Crippen LogP) is 3.23. The maximum Gasteiger partial charge on any atom is 0.309 e. The van der Waals surface area contributed by atoms with Gasteiger partial charge in [-0.2, -0.15) is 11.3 Å². The highest BCUT2D eigenvalue weighted by Crippen LogP contribution is 2.25. The molecule has 1 atom stereocenters. The van der Waals surface area contributed by atoms with E-state index in [-0.39, 0.29) is 12.1 Å². The number of nitrogens with zero attached hydrogens (tertiary/aromatic N) is 1. The van der Waals surface area contributed by atoms with E-state index in [9.17, 15) is 9.59 Å². The van der Waals surface area contributed by atoms with Crippen LogP contribution < -0.4 is 10.6 Å². The summed E-state index contributed by atoms with van der Waals surface area (Å²) in [5, 5.41) is 10.0. The molecule has 1 aromatic heterocycles. The summed E-state index contributed by atoms with van der Waals surface area (Å²) in [5.74, 6) is -0.970. The van der Waals surface area contributed by atoms with Crippen LogP contribution in [0.4, 0.5) is 0 Å². The summed E-state index contributed by atoms with van der Waals surface area (Å²) in [6, 6.07) is 2.46. The molecule has 0 bridgehead atoms. The summed E-state index contributed by atoms with van der Waals surface area (Å²) in [6.07, 6.45) is 10.5. The molecule has 2 heterocycles. The van der Waals surface area contributed by atoms with Crippen molar-refractivity contribution in [2.45, 2.75) is 69.9 Å². The molecule has 6 heteroatoms. The first-order valence-corrected chi connectivity index (χ1v) is 11.0. The molecule has 26 heavy (non-hydrogen) atoms. The lowest BCUT2D eigenvalue weighted by molar-refractivity contribution is -0.139. The minimum absolute atomic E-state index is 0.158. The normalized spacial score (nSPS) is 20.9. The standard InChI is InChI=1S/C20H31N3O2S/c24-19(20(25)22-17-8-4-3-5-9-17)21-14-18(16-10-13-26-15-16)23-11-6-1-2-7-12-23/h10,13,15,17-18H,1-9,11-12,14H2,(H,21,24)(H,22,25). The first-order chi connectivity index (χ1) is 12.7. The topological polar surface area (TPSA) is 61.4 Å². The lowest BCUT2D eigenvalue weighted by atomic mass is 9.95. The van der Waals surface area contributed by atoms with Gasteiger partial charge in [-0.3, -0.25) is 14.5 Å². The lowest BCUT2D eigenvalue weighted by Crippen LogP contribution is -2.47. The molecule has 1 aliphatic carbocycles. The molecule has 2 aliphatic rings. The SMILES string of the molecule is O=C(NCC(c1ccsc1)N1CCCCCC1)C(=O)NC1CCCCC1. The number of hydrogen-bond acceptors (Lipinski definition) is 4. The molecule has 1 aliphatic heterocycles. The molecule has 1 saturated carbocycles. The molecule has 0 spiro atoms. The van der Waals surface area contributed by atoms with Crippen molar-refractivity contribution in [1.29, 1.82) is 0 Å². The molecule has 1 aromatic rings. The van der Waals surface area contributed by atoms with Crippen molar-refractivity contribution in [2.75, 3.05) is 19.6 Å². The third-order valence-electron chi connectivity index (χ3n) is 5.61. The molecule has 0 radical (unpaired) electrons. The Hall–Kier alpha value is -1.40. The fraction of sp³-hybridized carbons (Fsp3) is 0.700. The second-order valence-corrected chi connectivity index (χ2v) is 8.32. The zero-order chi connectivity index (χ0) is 18.2. The first kappa shape index (κ1) is 19.4. The predicted molar refractivity (Wildman–Crippen MR) is 105 cm³/mol. The van der Waals surface area contributed by atoms with Crippen LogP contribution in [0.3, 0.4) is 0 Å². The van der Waals surface area contributed by atoms with E-state index in [1.807, 2.05) is 0 Å². The van der Waals surface area contributed by atoms with Gasteiger partial charge in [0.15, 0.2) is 0 Å². The van der Waals surface area contributed by atoms with Crippen molar-refractivity contribution in [1.82, 2.24) is 15.5 Å². The highest BCUT2D eigenvalue weighted by Gasteiger charge is 2.25. The van der Waals surface area contributed by atoms with Crippen LogP contribution in [0.2, 0.25) is 0 Å². The quantitative estimate of drug-likeness (QED) is 0.775. The zero-order valence-corrected chi connectivity index (χ0v) is 16.4. The molecule has 144 valence electrons. The summed E-state index contributed by atoms with van der Waals surface area (Å²) in [4.78, 5) is 27.0. The summed E-state index contributed by atoms with van der Waals surface area (Å²) >= 11 is 1.68. The molecule has 1 unspecified atom stereocenters. The van der Waals surface area contributed by atoms with Crippen LogP contribution in [0.5, 0.6) is 0 Å². The third kappa shape index (κ3) is 5.55. The summed E-state index contributed by atoms with van der Waals surface area (Å²) in [5.41, 5.74) is 1.24. The van der Waals surface area contributed by atoms with E-state index in [1.54, 1.807) is 11.3 Å². The number of carbonyl (C=O) groups is 2. The van der Waals surface area contributed by atoms with E-state index >= 15 is 0 Å². The Labute approximate surface area is 160 Å². The van der Waals surface area contributed by atoms with Gasteiger partial charge in [-0.25, -0.2) is 0 Å². The van der Waals surface area contributed by atoms with Crippen molar-refractivity contribution in [2.24, 2.45) is 0 Å². The van der Waals surface area contributed by atoms with E-state index in [4.69, 9.17) is 0 Å². The Balaban J connectivity index is 1.54. The van der Waals surface area contributed by atoms with E-state index in [2.05, 4.69) is 32.4 Å². The van der Waals surface area contributed by atoms with Gasteiger partial charge in [0.05, 0.1) is 6.04 Å². The number of nitrogens with one attached hydrogen (secondary N) is 2. The maximum absolute atomic E-state index is 12.3. The van der Waals surface area contributed by atoms with Gasteiger partial charge in [-0.15, -0.1) is 0 Å². The first-order valence-electron chi connectivity index (χ1n) is 10.1. The Bertz CT molecular complexity index is 562. The molecule has 3 rings (SSSR count). The Morgan fingerprint density at radius 2 is 1.73 bits per heavy atom. The summed E-state index contributed by atoms with van der Waals surface area (Å²) < 4.78 is 0. The van der Waals surface area contributed by atoms with Gasteiger partial charge < -0.3 is 10.6 Å². The van der Waals surface area contributed by atoms with Crippen molar-refractivity contribution in [3.63, 3.8) is 0 Å². The van der Waals surface area contributed by atoms with E-state index < -0.39 is 11.8 Å². The Kier molecular flexibility index (Phi) is 7.50. The van der Waals surface area contributed by atoms with E-state index in [0.717, 1.165) is 38.8 Å². The Morgan fingerprint density at radius 3 is 2.38 bits per heavy atom. The molecular formula is C20H31N3O2S. The number of rotatable bonds is 5. The fourth-order valence-electron chi connectivity index (χ4n) is 4.10. The number of thiophene rings is 1. The highest BCUT2D eigenvalue weighted by atomic mass is 32.1. The minimum Gasteiger partial charge on any atom is -0.346 e. The van der Waals surface area contributed by atoms with Gasteiger partial charge in [0.2, 0.25) is 0 Å². The van der Waals surface area contributed by atoms with Crippen LogP contribution in [0, 0.1) is 0 Å². The highest BCUT2D eigenvalue weighted by molar-refractivity contribution is 7.07. The average molecular weight is 378 g/mol. The van der Waals surface area contributed by atoms with Crippen LogP contribution in [0.15, 0.2) is 16.8 Å². The van der Waals surface area contributed by atoms with Gasteiger partial charge >= 0.3 is 11.8 Å². The largest absolute Gasteiger partial charge is 0.346 e. The fourth-order valence-corrected chi connectivity index (χ4v) is 4.80. The van der Waals surface area contributed by atoms with E-state index in [1.165, 1.54) is 37.7 Å².